The van der Waals surface area contributed by atoms with Gasteiger partial charge in [-0.05, 0) is 30.0 Å². The van der Waals surface area contributed by atoms with Gasteiger partial charge in [0.1, 0.15) is 21.9 Å². The molecule has 1 aliphatic heterocycles. The minimum Gasteiger partial charge on any atom is -0.505 e. The molecule has 0 radical (unpaired) electrons. The van der Waals surface area contributed by atoms with Crippen molar-refractivity contribution in [2.75, 3.05) is 19.0 Å². The second kappa shape index (κ2) is 9.88. The summed E-state index contributed by atoms with van der Waals surface area (Å²) in [6.45, 7) is 1.98. The lowest BCUT2D eigenvalue weighted by molar-refractivity contribution is -0.122. The highest BCUT2D eigenvalue weighted by molar-refractivity contribution is 7.90. The number of amides is 1. The Kier molecular flexibility index (Phi) is 6.89. The second-order valence-corrected chi connectivity index (χ2v) is 10.1. The molecule has 1 aliphatic rings. The van der Waals surface area contributed by atoms with Crippen LogP contribution in [0.1, 0.15) is 25.3 Å². The van der Waals surface area contributed by atoms with Gasteiger partial charge < -0.3 is 20.5 Å². The number of carbonyl (C=O) groups excluding carboxylic acids is 1. The summed E-state index contributed by atoms with van der Waals surface area (Å²) < 4.78 is 36.4. The van der Waals surface area contributed by atoms with E-state index in [1.807, 2.05) is 6.92 Å². The van der Waals surface area contributed by atoms with Crippen molar-refractivity contribution in [3.8, 4) is 22.1 Å². The minimum atomic E-state index is -4.27. The van der Waals surface area contributed by atoms with Gasteiger partial charge in [0.2, 0.25) is 0 Å². The molecular formula is C22H23N5O6S2. The number of rotatable bonds is 8. The van der Waals surface area contributed by atoms with Gasteiger partial charge in [-0.3, -0.25) is 9.59 Å². The highest BCUT2D eigenvalue weighted by atomic mass is 32.2. The van der Waals surface area contributed by atoms with Crippen LogP contribution in [0.4, 0.5) is 5.69 Å². The van der Waals surface area contributed by atoms with Gasteiger partial charge in [0.15, 0.2) is 18.2 Å². The Morgan fingerprint density at radius 1 is 1.31 bits per heavy atom. The van der Waals surface area contributed by atoms with Gasteiger partial charge in [-0.2, -0.15) is 13.5 Å². The number of aromatic nitrogens is 2. The third-order valence-corrected chi connectivity index (χ3v) is 7.38. The normalized spacial score (nSPS) is 13.9. The highest BCUT2D eigenvalue weighted by Crippen LogP contribution is 2.35. The van der Waals surface area contributed by atoms with Crippen molar-refractivity contribution < 1.29 is 23.1 Å². The summed E-state index contributed by atoms with van der Waals surface area (Å²) in [6.07, 6.45) is 1.48. The summed E-state index contributed by atoms with van der Waals surface area (Å²) >= 11 is 1.32. The van der Waals surface area contributed by atoms with E-state index in [1.54, 1.807) is 17.5 Å². The molecule has 0 bridgehead atoms. The third-order valence-electron chi connectivity index (χ3n) is 5.19. The van der Waals surface area contributed by atoms with Crippen LogP contribution in [-0.2, 0) is 21.4 Å². The molecule has 4 rings (SSSR count). The summed E-state index contributed by atoms with van der Waals surface area (Å²) in [5, 5.41) is 22.4. The van der Waals surface area contributed by atoms with Crippen LogP contribution < -0.4 is 20.9 Å². The molecule has 0 atom stereocenters. The number of amidine groups is 1. The molecule has 35 heavy (non-hydrogen) atoms. The summed E-state index contributed by atoms with van der Waals surface area (Å²) in [5.41, 5.74) is -0.632. The van der Waals surface area contributed by atoms with E-state index in [-0.39, 0.29) is 45.9 Å². The van der Waals surface area contributed by atoms with Crippen molar-refractivity contribution >= 4 is 38.8 Å². The quantitative estimate of drug-likeness (QED) is 0.411. The second-order valence-electron chi connectivity index (χ2n) is 7.59. The van der Waals surface area contributed by atoms with Crippen molar-refractivity contribution in [3.05, 3.63) is 51.6 Å². The standard InChI is InChI=1S/C22H23N5O6S2/c1-3-4-9-27-22(30)18(20(29)19(25-27)15-6-5-10-34-15)21-24-14-8-7-13(33-12-17(28)23-2)11-16(14)35(31,32)26-21/h5-8,10-11,29H,3-4,9,12H2,1-2H3,(H,23,28)(H,24,26). The zero-order valence-corrected chi connectivity index (χ0v) is 20.6. The third kappa shape index (κ3) is 4.91. The van der Waals surface area contributed by atoms with Crippen molar-refractivity contribution in [3.63, 3.8) is 0 Å². The van der Waals surface area contributed by atoms with Crippen LogP contribution in [0.15, 0.2) is 49.8 Å². The number of hydrogen-bond acceptors (Lipinski definition) is 9. The number of carbonyl (C=O) groups is 1. The van der Waals surface area contributed by atoms with E-state index in [0.717, 1.165) is 6.42 Å². The minimum absolute atomic E-state index is 0.149. The number of fused-ring (bicyclic) bond motifs is 1. The number of anilines is 1. The first-order valence-corrected chi connectivity index (χ1v) is 13.0. The van der Waals surface area contributed by atoms with Crippen molar-refractivity contribution in [2.24, 2.45) is 4.40 Å². The van der Waals surface area contributed by atoms with E-state index in [4.69, 9.17) is 4.74 Å². The predicted octanol–water partition coefficient (Wildman–Crippen LogP) is 2.16. The average Bonchev–Trinajstić information content (AvgIpc) is 3.36. The number of aromatic hydroxyl groups is 1. The maximum Gasteiger partial charge on any atom is 0.286 e. The molecule has 0 saturated heterocycles. The Hall–Kier alpha value is -3.71. The number of likely N-dealkylation sites (N-methyl/N-ethyl adjacent to an activating group) is 1. The zero-order chi connectivity index (χ0) is 25.2. The monoisotopic (exact) mass is 517 g/mol. The molecule has 3 aromatic rings. The summed E-state index contributed by atoms with van der Waals surface area (Å²) in [7, 11) is -2.81. The number of thiophene rings is 1. The van der Waals surface area contributed by atoms with Gasteiger partial charge in [0.25, 0.3) is 21.5 Å². The number of unbranched alkanes of at least 4 members (excludes halogenated alkanes) is 1. The number of nitrogens with zero attached hydrogens (tertiary/aromatic N) is 3. The van der Waals surface area contributed by atoms with Crippen LogP contribution in [0.3, 0.4) is 0 Å². The molecule has 11 nitrogen and oxygen atoms in total. The Morgan fingerprint density at radius 2 is 2.11 bits per heavy atom. The van der Waals surface area contributed by atoms with Crippen LogP contribution in [0, 0.1) is 0 Å². The number of aryl methyl sites for hydroxylation is 1. The van der Waals surface area contributed by atoms with Crippen molar-refractivity contribution in [1.29, 1.82) is 0 Å². The lowest BCUT2D eigenvalue weighted by Gasteiger charge is -2.20. The largest absolute Gasteiger partial charge is 0.505 e. The average molecular weight is 518 g/mol. The zero-order valence-electron chi connectivity index (χ0n) is 18.9. The van der Waals surface area contributed by atoms with Gasteiger partial charge in [-0.15, -0.1) is 15.7 Å². The van der Waals surface area contributed by atoms with E-state index in [9.17, 15) is 23.1 Å². The van der Waals surface area contributed by atoms with Crippen LogP contribution in [0.5, 0.6) is 11.5 Å². The molecule has 3 heterocycles. The van der Waals surface area contributed by atoms with Crippen LogP contribution in [0.25, 0.3) is 10.6 Å². The number of nitrogens with one attached hydrogen (secondary N) is 2. The first-order valence-electron chi connectivity index (χ1n) is 10.7. The van der Waals surface area contributed by atoms with Crippen molar-refractivity contribution in [2.45, 2.75) is 31.2 Å². The number of hydrogen-bond donors (Lipinski definition) is 3. The fourth-order valence-electron chi connectivity index (χ4n) is 3.37. The van der Waals surface area contributed by atoms with Gasteiger partial charge in [-0.1, -0.05) is 19.4 Å². The molecule has 184 valence electrons. The molecule has 2 aromatic heterocycles. The van der Waals surface area contributed by atoms with Gasteiger partial charge in [0.05, 0.1) is 10.6 Å². The summed E-state index contributed by atoms with van der Waals surface area (Å²) in [5.74, 6) is -0.979. The fourth-order valence-corrected chi connectivity index (χ4v) is 5.22. The topological polar surface area (TPSA) is 152 Å². The Morgan fingerprint density at radius 3 is 2.80 bits per heavy atom. The molecule has 1 aromatic carbocycles. The molecule has 0 spiro atoms. The highest BCUT2D eigenvalue weighted by Gasteiger charge is 2.31. The summed E-state index contributed by atoms with van der Waals surface area (Å²) in [6, 6.07) is 7.69. The van der Waals surface area contributed by atoms with Gasteiger partial charge >= 0.3 is 0 Å². The number of ether oxygens (including phenoxy) is 1. The summed E-state index contributed by atoms with van der Waals surface area (Å²) in [4.78, 5) is 25.1. The Labute approximate surface area is 205 Å². The predicted molar refractivity (Wildman–Crippen MR) is 132 cm³/mol. The molecule has 13 heteroatoms. The maximum absolute atomic E-state index is 13.2. The lowest BCUT2D eigenvalue weighted by atomic mass is 10.1. The lowest BCUT2D eigenvalue weighted by Crippen LogP contribution is -2.34. The molecular weight excluding hydrogens is 494 g/mol. The molecule has 0 saturated carbocycles. The Balaban J connectivity index is 1.80. The SMILES string of the molecule is CCCCn1nc(-c2cccs2)c(O)c(C2=NS(=O)(=O)c3cc(OCC(=O)NC)ccc3N2)c1=O. The van der Waals surface area contributed by atoms with Gasteiger partial charge in [0, 0.05) is 19.7 Å². The molecule has 1 amide bonds. The number of sulfonamides is 1. The molecule has 0 fully saturated rings. The van der Waals surface area contributed by atoms with Crippen LogP contribution in [0.2, 0.25) is 0 Å². The van der Waals surface area contributed by atoms with Gasteiger partial charge in [-0.25, -0.2) is 4.68 Å². The molecule has 3 N–H and O–H groups in total. The molecule has 0 unspecified atom stereocenters. The van der Waals surface area contributed by atoms with E-state index in [1.165, 1.54) is 41.3 Å². The van der Waals surface area contributed by atoms with E-state index in [0.29, 0.717) is 17.8 Å². The van der Waals surface area contributed by atoms with Crippen LogP contribution in [-0.4, -0.2) is 48.7 Å². The van der Waals surface area contributed by atoms with E-state index < -0.39 is 21.3 Å². The van der Waals surface area contributed by atoms with E-state index in [2.05, 4.69) is 20.1 Å². The molecule has 0 aliphatic carbocycles. The maximum atomic E-state index is 13.2. The first kappa shape index (κ1) is 24.4. The van der Waals surface area contributed by atoms with Crippen molar-refractivity contribution in [1.82, 2.24) is 15.1 Å². The Bertz CT molecular complexity index is 1460. The van der Waals surface area contributed by atoms with Crippen LogP contribution >= 0.6 is 11.3 Å². The fraction of sp³-hybridized carbons (Fsp3) is 0.273. The smallest absolute Gasteiger partial charge is 0.286 e. The first-order chi connectivity index (χ1) is 16.7. The van der Waals surface area contributed by atoms with E-state index >= 15 is 0 Å². The number of benzene rings is 1.